The van der Waals surface area contributed by atoms with E-state index < -0.39 is 6.10 Å². The smallest absolute Gasteiger partial charge is 0.181 e. The molecule has 0 bridgehead atoms. The summed E-state index contributed by atoms with van der Waals surface area (Å²) in [6.07, 6.45) is 1.23. The molecule has 96 valence electrons. The van der Waals surface area contributed by atoms with Gasteiger partial charge in [-0.1, -0.05) is 13.8 Å². The minimum Gasteiger partial charge on any atom is -0.399 e. The SMILES string of the molecule is CC(C)C(O)Cn1cnc(-c2ccc(N)cc2)n1. The maximum absolute atomic E-state index is 9.79. The summed E-state index contributed by atoms with van der Waals surface area (Å²) in [7, 11) is 0. The molecule has 0 saturated heterocycles. The van der Waals surface area contributed by atoms with Gasteiger partial charge in [0.2, 0.25) is 0 Å². The minimum atomic E-state index is -0.411. The quantitative estimate of drug-likeness (QED) is 0.802. The van der Waals surface area contributed by atoms with E-state index in [1.807, 2.05) is 38.1 Å². The number of benzene rings is 1. The van der Waals surface area contributed by atoms with Crippen LogP contribution in [-0.2, 0) is 6.54 Å². The maximum Gasteiger partial charge on any atom is 0.181 e. The van der Waals surface area contributed by atoms with E-state index in [0.29, 0.717) is 18.1 Å². The van der Waals surface area contributed by atoms with E-state index in [1.54, 1.807) is 11.0 Å². The van der Waals surface area contributed by atoms with Crippen molar-refractivity contribution >= 4 is 5.69 Å². The van der Waals surface area contributed by atoms with Gasteiger partial charge in [0, 0.05) is 11.3 Å². The van der Waals surface area contributed by atoms with Crippen LogP contribution in [0.15, 0.2) is 30.6 Å². The van der Waals surface area contributed by atoms with Crippen molar-refractivity contribution in [3.8, 4) is 11.4 Å². The van der Waals surface area contributed by atoms with E-state index >= 15 is 0 Å². The first-order chi connectivity index (χ1) is 8.56. The standard InChI is InChI=1S/C13H18N4O/c1-9(2)12(18)7-17-8-15-13(16-17)10-3-5-11(14)6-4-10/h3-6,8-9,12,18H,7,14H2,1-2H3. The van der Waals surface area contributed by atoms with Gasteiger partial charge in [-0.3, -0.25) is 0 Å². The lowest BCUT2D eigenvalue weighted by Crippen LogP contribution is -2.22. The van der Waals surface area contributed by atoms with E-state index in [9.17, 15) is 5.11 Å². The zero-order valence-corrected chi connectivity index (χ0v) is 10.6. The normalized spacial score (nSPS) is 12.9. The van der Waals surface area contributed by atoms with Crippen molar-refractivity contribution in [3.63, 3.8) is 0 Å². The average molecular weight is 246 g/mol. The molecular weight excluding hydrogens is 228 g/mol. The van der Waals surface area contributed by atoms with Crippen molar-refractivity contribution in [3.05, 3.63) is 30.6 Å². The third kappa shape index (κ3) is 2.87. The van der Waals surface area contributed by atoms with E-state index in [-0.39, 0.29) is 5.92 Å². The second kappa shape index (κ2) is 5.18. The fourth-order valence-corrected chi connectivity index (χ4v) is 1.55. The zero-order valence-electron chi connectivity index (χ0n) is 10.6. The zero-order chi connectivity index (χ0) is 13.1. The monoisotopic (exact) mass is 246 g/mol. The molecule has 1 aromatic heterocycles. The van der Waals surface area contributed by atoms with Gasteiger partial charge >= 0.3 is 0 Å². The number of hydrogen-bond acceptors (Lipinski definition) is 4. The first-order valence-corrected chi connectivity index (χ1v) is 5.99. The molecule has 0 radical (unpaired) electrons. The summed E-state index contributed by atoms with van der Waals surface area (Å²) in [5.74, 6) is 0.847. The Kier molecular flexibility index (Phi) is 3.62. The van der Waals surface area contributed by atoms with Gasteiger partial charge in [-0.15, -0.1) is 0 Å². The molecule has 18 heavy (non-hydrogen) atoms. The highest BCUT2D eigenvalue weighted by molar-refractivity contribution is 5.57. The van der Waals surface area contributed by atoms with Crippen LogP contribution in [0.4, 0.5) is 5.69 Å². The van der Waals surface area contributed by atoms with Crippen molar-refractivity contribution in [2.24, 2.45) is 5.92 Å². The summed E-state index contributed by atoms with van der Waals surface area (Å²) >= 11 is 0. The van der Waals surface area contributed by atoms with Crippen molar-refractivity contribution in [2.75, 3.05) is 5.73 Å². The van der Waals surface area contributed by atoms with Crippen LogP contribution < -0.4 is 5.73 Å². The molecule has 0 saturated carbocycles. The number of anilines is 1. The predicted molar refractivity (Wildman–Crippen MR) is 70.7 cm³/mol. The van der Waals surface area contributed by atoms with Crippen LogP contribution in [0.25, 0.3) is 11.4 Å². The highest BCUT2D eigenvalue weighted by Gasteiger charge is 2.11. The van der Waals surface area contributed by atoms with Crippen molar-refractivity contribution in [1.29, 1.82) is 0 Å². The lowest BCUT2D eigenvalue weighted by molar-refractivity contribution is 0.103. The van der Waals surface area contributed by atoms with Gasteiger partial charge in [0.15, 0.2) is 5.82 Å². The number of hydrogen-bond donors (Lipinski definition) is 2. The Labute approximate surface area is 106 Å². The molecule has 1 atom stereocenters. The molecule has 0 amide bonds. The van der Waals surface area contributed by atoms with E-state index in [4.69, 9.17) is 5.73 Å². The van der Waals surface area contributed by atoms with Crippen LogP contribution in [0.2, 0.25) is 0 Å². The molecule has 0 aliphatic rings. The Hall–Kier alpha value is -1.88. The maximum atomic E-state index is 9.79. The Morgan fingerprint density at radius 3 is 2.56 bits per heavy atom. The molecule has 5 nitrogen and oxygen atoms in total. The lowest BCUT2D eigenvalue weighted by Gasteiger charge is -2.13. The molecular formula is C13H18N4O. The summed E-state index contributed by atoms with van der Waals surface area (Å²) in [6, 6.07) is 7.40. The highest BCUT2D eigenvalue weighted by Crippen LogP contribution is 2.16. The van der Waals surface area contributed by atoms with E-state index in [0.717, 1.165) is 5.56 Å². The fourth-order valence-electron chi connectivity index (χ4n) is 1.55. The third-order valence-electron chi connectivity index (χ3n) is 2.85. The first-order valence-electron chi connectivity index (χ1n) is 5.99. The Morgan fingerprint density at radius 2 is 1.94 bits per heavy atom. The van der Waals surface area contributed by atoms with Crippen LogP contribution in [0, 0.1) is 5.92 Å². The summed E-state index contributed by atoms with van der Waals surface area (Å²) in [5, 5.41) is 14.1. The number of rotatable bonds is 4. The summed E-state index contributed by atoms with van der Waals surface area (Å²) < 4.78 is 1.66. The molecule has 1 heterocycles. The molecule has 2 rings (SSSR count). The van der Waals surface area contributed by atoms with Crippen LogP contribution in [0.5, 0.6) is 0 Å². The molecule has 5 heteroatoms. The van der Waals surface area contributed by atoms with Crippen LogP contribution >= 0.6 is 0 Å². The molecule has 1 unspecified atom stereocenters. The molecule has 0 fully saturated rings. The molecule has 1 aromatic carbocycles. The van der Waals surface area contributed by atoms with E-state index in [2.05, 4.69) is 10.1 Å². The van der Waals surface area contributed by atoms with Gasteiger partial charge in [0.25, 0.3) is 0 Å². The van der Waals surface area contributed by atoms with Crippen LogP contribution in [0.3, 0.4) is 0 Å². The number of nitrogens with two attached hydrogens (primary N) is 1. The molecule has 0 spiro atoms. The van der Waals surface area contributed by atoms with Gasteiger partial charge < -0.3 is 10.8 Å². The van der Waals surface area contributed by atoms with Gasteiger partial charge in [-0.2, -0.15) is 5.10 Å². The summed E-state index contributed by atoms with van der Waals surface area (Å²) in [5.41, 5.74) is 7.26. The van der Waals surface area contributed by atoms with Gasteiger partial charge in [0.1, 0.15) is 6.33 Å². The third-order valence-corrected chi connectivity index (χ3v) is 2.85. The number of nitrogens with zero attached hydrogens (tertiary/aromatic N) is 3. The first kappa shape index (κ1) is 12.6. The largest absolute Gasteiger partial charge is 0.399 e. The van der Waals surface area contributed by atoms with Crippen LogP contribution in [-0.4, -0.2) is 26.0 Å². The van der Waals surface area contributed by atoms with Gasteiger partial charge in [-0.05, 0) is 30.2 Å². The van der Waals surface area contributed by atoms with Gasteiger partial charge in [0.05, 0.1) is 12.6 Å². The van der Waals surface area contributed by atoms with Gasteiger partial charge in [-0.25, -0.2) is 9.67 Å². The fraction of sp³-hybridized carbons (Fsp3) is 0.385. The highest BCUT2D eigenvalue weighted by atomic mass is 16.3. The van der Waals surface area contributed by atoms with Crippen molar-refractivity contribution in [1.82, 2.24) is 14.8 Å². The molecule has 0 aliphatic heterocycles. The molecule has 3 N–H and O–H groups in total. The summed E-state index contributed by atoms with van der Waals surface area (Å²) in [4.78, 5) is 4.23. The molecule has 2 aromatic rings. The number of aliphatic hydroxyl groups is 1. The average Bonchev–Trinajstić information content (AvgIpc) is 2.78. The Bertz CT molecular complexity index is 504. The second-order valence-corrected chi connectivity index (χ2v) is 4.72. The predicted octanol–water partition coefficient (Wildman–Crippen LogP) is 1.54. The summed E-state index contributed by atoms with van der Waals surface area (Å²) in [6.45, 7) is 4.41. The van der Waals surface area contributed by atoms with Crippen molar-refractivity contribution < 1.29 is 5.11 Å². The minimum absolute atomic E-state index is 0.203. The lowest BCUT2D eigenvalue weighted by atomic mass is 10.1. The van der Waals surface area contributed by atoms with Crippen LogP contribution in [0.1, 0.15) is 13.8 Å². The molecule has 0 aliphatic carbocycles. The topological polar surface area (TPSA) is 77.0 Å². The van der Waals surface area contributed by atoms with E-state index in [1.165, 1.54) is 0 Å². The van der Waals surface area contributed by atoms with Crippen molar-refractivity contribution in [2.45, 2.75) is 26.5 Å². The number of aromatic nitrogens is 3. The number of nitrogen functional groups attached to an aromatic ring is 1. The second-order valence-electron chi connectivity index (χ2n) is 4.72. The number of aliphatic hydroxyl groups excluding tert-OH is 1. The Morgan fingerprint density at radius 1 is 1.28 bits per heavy atom. The Balaban J connectivity index is 2.13.